The summed E-state index contributed by atoms with van der Waals surface area (Å²) in [6, 6.07) is 14.9. The Morgan fingerprint density at radius 3 is 2.33 bits per heavy atom. The van der Waals surface area contributed by atoms with Crippen LogP contribution in [0, 0.1) is 10.1 Å². The SMILES string of the molecule is O=C(/C=C/c1ccc([N+](=O)[O-])cc1)NC(=S)NNC(=O)Cc1ccccc1. The van der Waals surface area contributed by atoms with Crippen LogP contribution < -0.4 is 16.2 Å². The number of rotatable bonds is 5. The van der Waals surface area contributed by atoms with Gasteiger partial charge in [0, 0.05) is 18.2 Å². The Kier molecular flexibility index (Phi) is 7.15. The summed E-state index contributed by atoms with van der Waals surface area (Å²) in [6.07, 6.45) is 2.88. The van der Waals surface area contributed by atoms with E-state index < -0.39 is 10.8 Å². The van der Waals surface area contributed by atoms with Gasteiger partial charge in [0.1, 0.15) is 0 Å². The number of carbonyl (C=O) groups excluding carboxylic acids is 2. The van der Waals surface area contributed by atoms with Crippen molar-refractivity contribution >= 4 is 40.9 Å². The fraction of sp³-hybridized carbons (Fsp3) is 0.0556. The molecule has 0 heterocycles. The standard InChI is InChI=1S/C18H16N4O4S/c23-16(11-8-13-6-9-15(10-7-13)22(25)26)19-18(27)21-20-17(24)12-14-4-2-1-3-5-14/h1-11H,12H2,(H,20,24)(H2,19,21,23,27)/b11-8+. The number of carbonyl (C=O) groups is 2. The largest absolute Gasteiger partial charge is 0.298 e. The van der Waals surface area contributed by atoms with E-state index in [1.807, 2.05) is 30.3 Å². The van der Waals surface area contributed by atoms with Crippen molar-refractivity contribution < 1.29 is 14.5 Å². The third kappa shape index (κ3) is 7.04. The number of hydrogen-bond acceptors (Lipinski definition) is 5. The zero-order valence-electron chi connectivity index (χ0n) is 14.0. The number of amides is 2. The molecule has 0 aliphatic carbocycles. The average molecular weight is 384 g/mol. The fourth-order valence-electron chi connectivity index (χ4n) is 2.02. The molecule has 0 fully saturated rings. The van der Waals surface area contributed by atoms with Gasteiger partial charge in [-0.25, -0.2) is 0 Å². The smallest absolute Gasteiger partial charge is 0.269 e. The molecule has 2 aromatic carbocycles. The van der Waals surface area contributed by atoms with Gasteiger partial charge >= 0.3 is 0 Å². The Bertz CT molecular complexity index is 867. The average Bonchev–Trinajstić information content (AvgIpc) is 2.66. The molecule has 0 spiro atoms. The normalized spacial score (nSPS) is 10.2. The number of benzene rings is 2. The highest BCUT2D eigenvalue weighted by molar-refractivity contribution is 7.80. The quantitative estimate of drug-likeness (QED) is 0.314. The Hall–Kier alpha value is -3.59. The molecule has 9 heteroatoms. The van der Waals surface area contributed by atoms with Crippen molar-refractivity contribution in [2.75, 3.05) is 0 Å². The van der Waals surface area contributed by atoms with Crippen LogP contribution in [0.3, 0.4) is 0 Å². The van der Waals surface area contributed by atoms with Crippen LogP contribution in [0.4, 0.5) is 5.69 Å². The van der Waals surface area contributed by atoms with Crippen LogP contribution >= 0.6 is 12.2 Å². The highest BCUT2D eigenvalue weighted by atomic mass is 32.1. The van der Waals surface area contributed by atoms with Gasteiger partial charge in [-0.2, -0.15) is 0 Å². The van der Waals surface area contributed by atoms with Crippen LogP contribution in [0.25, 0.3) is 6.08 Å². The van der Waals surface area contributed by atoms with E-state index in [2.05, 4.69) is 16.2 Å². The zero-order valence-corrected chi connectivity index (χ0v) is 14.9. The van der Waals surface area contributed by atoms with E-state index in [4.69, 9.17) is 12.2 Å². The molecular weight excluding hydrogens is 368 g/mol. The van der Waals surface area contributed by atoms with Crippen LogP contribution in [-0.4, -0.2) is 21.9 Å². The van der Waals surface area contributed by atoms with Gasteiger partial charge in [-0.15, -0.1) is 0 Å². The van der Waals surface area contributed by atoms with E-state index in [0.717, 1.165) is 5.56 Å². The number of nitro groups is 1. The topological polar surface area (TPSA) is 113 Å². The molecule has 0 unspecified atom stereocenters. The Balaban J connectivity index is 1.75. The van der Waals surface area contributed by atoms with E-state index in [1.165, 1.54) is 36.4 Å². The summed E-state index contributed by atoms with van der Waals surface area (Å²) in [5.74, 6) is -0.817. The molecule has 138 valence electrons. The van der Waals surface area contributed by atoms with Gasteiger partial charge in [-0.1, -0.05) is 30.3 Å². The number of hydrazine groups is 1. The van der Waals surface area contributed by atoms with Gasteiger partial charge in [-0.05, 0) is 41.6 Å². The molecule has 2 amide bonds. The van der Waals surface area contributed by atoms with Crippen molar-refractivity contribution in [3.63, 3.8) is 0 Å². The number of thiocarbonyl (C=S) groups is 1. The molecule has 2 rings (SSSR count). The lowest BCUT2D eigenvalue weighted by atomic mass is 10.1. The van der Waals surface area contributed by atoms with Crippen LogP contribution in [0.1, 0.15) is 11.1 Å². The van der Waals surface area contributed by atoms with Gasteiger partial charge < -0.3 is 0 Å². The third-order valence-corrected chi connectivity index (χ3v) is 3.49. The summed E-state index contributed by atoms with van der Waals surface area (Å²) >= 11 is 4.92. The van der Waals surface area contributed by atoms with Gasteiger partial charge in [0.25, 0.3) is 5.69 Å². The summed E-state index contributed by atoms with van der Waals surface area (Å²) in [7, 11) is 0. The Labute approximate surface area is 160 Å². The minimum Gasteiger partial charge on any atom is -0.298 e. The van der Waals surface area contributed by atoms with Gasteiger partial charge in [-0.3, -0.25) is 35.9 Å². The lowest BCUT2D eigenvalue weighted by Crippen LogP contribution is -2.48. The highest BCUT2D eigenvalue weighted by Gasteiger charge is 2.06. The van der Waals surface area contributed by atoms with E-state index in [-0.39, 0.29) is 23.1 Å². The number of nitrogens with zero attached hydrogens (tertiary/aromatic N) is 1. The minimum absolute atomic E-state index is 0.0341. The second-order valence-corrected chi connectivity index (χ2v) is 5.74. The molecule has 0 aromatic heterocycles. The highest BCUT2D eigenvalue weighted by Crippen LogP contribution is 2.12. The van der Waals surface area contributed by atoms with E-state index in [9.17, 15) is 19.7 Å². The summed E-state index contributed by atoms with van der Waals surface area (Å²) < 4.78 is 0. The maximum absolute atomic E-state index is 11.8. The van der Waals surface area contributed by atoms with E-state index >= 15 is 0 Å². The monoisotopic (exact) mass is 384 g/mol. The molecule has 0 aliphatic rings. The lowest BCUT2D eigenvalue weighted by Gasteiger charge is -2.09. The molecule has 2 aromatic rings. The molecule has 0 bridgehead atoms. The van der Waals surface area contributed by atoms with Gasteiger partial charge in [0.2, 0.25) is 11.8 Å². The number of nitro benzene ring substituents is 1. The molecule has 0 saturated carbocycles. The van der Waals surface area contributed by atoms with Crippen molar-refractivity contribution in [2.45, 2.75) is 6.42 Å². The van der Waals surface area contributed by atoms with Crippen molar-refractivity contribution in [3.05, 3.63) is 81.9 Å². The van der Waals surface area contributed by atoms with Crippen LogP contribution in [-0.2, 0) is 16.0 Å². The molecule has 0 saturated heterocycles. The summed E-state index contributed by atoms with van der Waals surface area (Å²) in [5.41, 5.74) is 6.26. The first-order chi connectivity index (χ1) is 12.9. The first kappa shape index (κ1) is 19.7. The van der Waals surface area contributed by atoms with E-state index in [1.54, 1.807) is 0 Å². The predicted molar refractivity (Wildman–Crippen MR) is 104 cm³/mol. The number of nitrogens with one attached hydrogen (secondary N) is 3. The predicted octanol–water partition coefficient (Wildman–Crippen LogP) is 1.87. The maximum Gasteiger partial charge on any atom is 0.269 e. The van der Waals surface area contributed by atoms with Crippen molar-refractivity contribution in [3.8, 4) is 0 Å². The summed E-state index contributed by atoms with van der Waals surface area (Å²) in [4.78, 5) is 33.7. The van der Waals surface area contributed by atoms with Crippen LogP contribution in [0.15, 0.2) is 60.7 Å². The molecular formula is C18H16N4O4S. The van der Waals surface area contributed by atoms with Crippen molar-refractivity contribution in [2.24, 2.45) is 0 Å². The first-order valence-electron chi connectivity index (χ1n) is 7.80. The minimum atomic E-state index is -0.511. The molecule has 0 radical (unpaired) electrons. The van der Waals surface area contributed by atoms with E-state index in [0.29, 0.717) is 5.56 Å². The Morgan fingerprint density at radius 2 is 1.70 bits per heavy atom. The third-order valence-electron chi connectivity index (χ3n) is 3.29. The maximum atomic E-state index is 11.8. The molecule has 0 aliphatic heterocycles. The Morgan fingerprint density at radius 1 is 1.04 bits per heavy atom. The van der Waals surface area contributed by atoms with Gasteiger partial charge in [0.05, 0.1) is 11.3 Å². The lowest BCUT2D eigenvalue weighted by molar-refractivity contribution is -0.384. The zero-order chi connectivity index (χ0) is 19.6. The number of hydrogen-bond donors (Lipinski definition) is 3. The second-order valence-electron chi connectivity index (χ2n) is 5.34. The molecule has 8 nitrogen and oxygen atoms in total. The van der Waals surface area contributed by atoms with Gasteiger partial charge in [0.15, 0.2) is 5.11 Å². The number of non-ortho nitro benzene ring substituents is 1. The summed E-state index contributed by atoms with van der Waals surface area (Å²) in [6.45, 7) is 0. The second kappa shape index (κ2) is 9.78. The van der Waals surface area contributed by atoms with Crippen molar-refractivity contribution in [1.82, 2.24) is 16.2 Å². The fourth-order valence-corrected chi connectivity index (χ4v) is 2.17. The first-order valence-corrected chi connectivity index (χ1v) is 8.21. The van der Waals surface area contributed by atoms with Crippen molar-refractivity contribution in [1.29, 1.82) is 0 Å². The van der Waals surface area contributed by atoms with Crippen LogP contribution in [0.5, 0.6) is 0 Å². The summed E-state index contributed by atoms with van der Waals surface area (Å²) in [5, 5.41) is 12.9. The molecule has 3 N–H and O–H groups in total. The molecule has 0 atom stereocenters. The molecule has 27 heavy (non-hydrogen) atoms. The van der Waals surface area contributed by atoms with Crippen LogP contribution in [0.2, 0.25) is 0 Å².